The highest BCUT2D eigenvalue weighted by atomic mass is 16.7. The van der Waals surface area contributed by atoms with Gasteiger partial charge in [-0.25, -0.2) is 0 Å². The van der Waals surface area contributed by atoms with E-state index in [-0.39, 0.29) is 12.4 Å². The third-order valence-corrected chi connectivity index (χ3v) is 2.41. The Morgan fingerprint density at radius 3 is 2.35 bits per heavy atom. The summed E-state index contributed by atoms with van der Waals surface area (Å²) in [5.41, 5.74) is 1.10. The lowest BCUT2D eigenvalue weighted by Crippen LogP contribution is -2.22. The average Bonchev–Trinajstić information content (AvgIpc) is 2.40. The van der Waals surface area contributed by atoms with Crippen molar-refractivity contribution in [1.29, 1.82) is 0 Å². The van der Waals surface area contributed by atoms with E-state index in [0.29, 0.717) is 13.0 Å². The van der Waals surface area contributed by atoms with Gasteiger partial charge in [-0.1, -0.05) is 36.3 Å². The van der Waals surface area contributed by atoms with Crippen molar-refractivity contribution < 1.29 is 14.2 Å². The molecule has 0 bridgehead atoms. The van der Waals surface area contributed by atoms with Crippen molar-refractivity contribution in [2.24, 2.45) is 0 Å². The molecule has 0 radical (unpaired) electrons. The molecule has 0 amide bonds. The van der Waals surface area contributed by atoms with Gasteiger partial charge in [-0.2, -0.15) is 0 Å². The minimum Gasteiger partial charge on any atom is -0.361 e. The van der Waals surface area contributed by atoms with Crippen molar-refractivity contribution in [2.45, 2.75) is 25.4 Å². The van der Waals surface area contributed by atoms with Gasteiger partial charge in [0, 0.05) is 20.6 Å². The van der Waals surface area contributed by atoms with E-state index in [9.17, 15) is 0 Å². The van der Waals surface area contributed by atoms with E-state index in [1.165, 1.54) is 0 Å². The highest BCUT2D eigenvalue weighted by Crippen LogP contribution is 2.09. The van der Waals surface area contributed by atoms with Crippen molar-refractivity contribution in [3.05, 3.63) is 35.9 Å². The number of hydrogen-bond donors (Lipinski definition) is 0. The molecule has 1 rings (SSSR count). The molecule has 1 atom stereocenters. The van der Waals surface area contributed by atoms with Crippen molar-refractivity contribution in [1.82, 2.24) is 0 Å². The van der Waals surface area contributed by atoms with Crippen LogP contribution in [0.25, 0.3) is 0 Å². The molecule has 0 aliphatic carbocycles. The van der Waals surface area contributed by atoms with Gasteiger partial charge in [-0.05, 0) is 5.56 Å². The molecule has 3 nitrogen and oxygen atoms in total. The summed E-state index contributed by atoms with van der Waals surface area (Å²) in [6, 6.07) is 9.90. The molecule has 17 heavy (non-hydrogen) atoms. The summed E-state index contributed by atoms with van der Waals surface area (Å²) in [5.74, 6) is 2.59. The van der Waals surface area contributed by atoms with E-state index < -0.39 is 0 Å². The van der Waals surface area contributed by atoms with E-state index in [2.05, 4.69) is 5.92 Å². The monoisotopic (exact) mass is 234 g/mol. The maximum absolute atomic E-state index is 5.62. The topological polar surface area (TPSA) is 27.7 Å². The Labute approximate surface area is 103 Å². The molecule has 1 aromatic carbocycles. The van der Waals surface area contributed by atoms with Crippen LogP contribution in [0.4, 0.5) is 0 Å². The van der Waals surface area contributed by atoms with Crippen LogP contribution in [0.15, 0.2) is 30.3 Å². The molecule has 0 heterocycles. The molecule has 0 aromatic heterocycles. The van der Waals surface area contributed by atoms with Crippen LogP contribution < -0.4 is 0 Å². The maximum atomic E-state index is 5.62. The SMILES string of the molecule is C#C[C@@H](CC(OC)OC)OCc1ccccc1. The van der Waals surface area contributed by atoms with E-state index in [4.69, 9.17) is 20.6 Å². The van der Waals surface area contributed by atoms with Crippen LogP contribution >= 0.6 is 0 Å². The Hall–Kier alpha value is -1.34. The number of benzene rings is 1. The molecule has 92 valence electrons. The minimum absolute atomic E-state index is 0.305. The third kappa shape index (κ3) is 5.01. The fourth-order valence-corrected chi connectivity index (χ4v) is 1.42. The summed E-state index contributed by atoms with van der Waals surface area (Å²) in [5, 5.41) is 0. The van der Waals surface area contributed by atoms with Crippen LogP contribution in [-0.4, -0.2) is 26.6 Å². The second-order valence-electron chi connectivity index (χ2n) is 3.59. The van der Waals surface area contributed by atoms with Crippen LogP contribution in [-0.2, 0) is 20.8 Å². The lowest BCUT2D eigenvalue weighted by molar-refractivity contribution is -0.124. The summed E-state index contributed by atoms with van der Waals surface area (Å²) >= 11 is 0. The zero-order chi connectivity index (χ0) is 12.5. The summed E-state index contributed by atoms with van der Waals surface area (Å²) in [4.78, 5) is 0. The Balaban J connectivity index is 2.40. The number of rotatable bonds is 7. The Morgan fingerprint density at radius 1 is 1.18 bits per heavy atom. The fraction of sp³-hybridized carbons (Fsp3) is 0.429. The van der Waals surface area contributed by atoms with Gasteiger partial charge in [0.05, 0.1) is 6.61 Å². The highest BCUT2D eigenvalue weighted by Gasteiger charge is 2.14. The first kappa shape index (κ1) is 13.7. The van der Waals surface area contributed by atoms with Crippen LogP contribution in [0.5, 0.6) is 0 Å². The summed E-state index contributed by atoms with van der Waals surface area (Å²) in [7, 11) is 3.16. The average molecular weight is 234 g/mol. The van der Waals surface area contributed by atoms with Crippen LogP contribution in [0.2, 0.25) is 0 Å². The molecule has 0 aliphatic heterocycles. The highest BCUT2D eigenvalue weighted by molar-refractivity contribution is 5.13. The maximum Gasteiger partial charge on any atom is 0.160 e. The van der Waals surface area contributed by atoms with Gasteiger partial charge in [-0.3, -0.25) is 0 Å². The zero-order valence-corrected chi connectivity index (χ0v) is 10.3. The second kappa shape index (κ2) is 7.86. The van der Waals surface area contributed by atoms with Crippen LogP contribution in [0.1, 0.15) is 12.0 Å². The minimum atomic E-state index is -0.327. The zero-order valence-electron chi connectivity index (χ0n) is 10.3. The first-order valence-corrected chi connectivity index (χ1v) is 5.47. The fourth-order valence-electron chi connectivity index (χ4n) is 1.42. The van der Waals surface area contributed by atoms with E-state index >= 15 is 0 Å². The summed E-state index contributed by atoms with van der Waals surface area (Å²) in [6.45, 7) is 0.496. The normalized spacial score (nSPS) is 12.4. The molecule has 0 saturated heterocycles. The molecule has 0 aliphatic rings. The molecule has 0 saturated carbocycles. The third-order valence-electron chi connectivity index (χ3n) is 2.41. The van der Waals surface area contributed by atoms with Gasteiger partial charge >= 0.3 is 0 Å². The molecular weight excluding hydrogens is 216 g/mol. The number of methoxy groups -OCH3 is 2. The van der Waals surface area contributed by atoms with Gasteiger partial charge in [0.1, 0.15) is 6.10 Å². The van der Waals surface area contributed by atoms with Crippen molar-refractivity contribution in [3.8, 4) is 12.3 Å². The molecular formula is C14H18O3. The van der Waals surface area contributed by atoms with E-state index in [0.717, 1.165) is 5.56 Å². The smallest absolute Gasteiger partial charge is 0.160 e. The van der Waals surface area contributed by atoms with Gasteiger partial charge in [0.15, 0.2) is 6.29 Å². The molecule has 1 aromatic rings. The molecule has 0 spiro atoms. The predicted molar refractivity (Wildman–Crippen MR) is 66.3 cm³/mol. The summed E-state index contributed by atoms with van der Waals surface area (Å²) in [6.07, 6.45) is 5.30. The second-order valence-corrected chi connectivity index (χ2v) is 3.59. The predicted octanol–water partition coefficient (Wildman–Crippen LogP) is 2.21. The van der Waals surface area contributed by atoms with Crippen molar-refractivity contribution in [2.75, 3.05) is 14.2 Å². The van der Waals surface area contributed by atoms with Gasteiger partial charge < -0.3 is 14.2 Å². The molecule has 0 fully saturated rings. The Morgan fingerprint density at radius 2 is 1.82 bits per heavy atom. The number of hydrogen-bond acceptors (Lipinski definition) is 3. The standard InChI is InChI=1S/C14H18O3/c1-4-13(10-14(15-2)16-3)17-11-12-8-6-5-7-9-12/h1,5-9,13-14H,10-11H2,2-3H3/t13-/m0/s1. The van der Waals surface area contributed by atoms with Crippen molar-refractivity contribution >= 4 is 0 Å². The van der Waals surface area contributed by atoms with Gasteiger partial charge in [0.2, 0.25) is 0 Å². The number of terminal acetylenes is 1. The van der Waals surface area contributed by atoms with Gasteiger partial charge in [0.25, 0.3) is 0 Å². The lowest BCUT2D eigenvalue weighted by Gasteiger charge is -2.18. The first-order valence-electron chi connectivity index (χ1n) is 5.47. The first-order chi connectivity index (χ1) is 8.30. The van der Waals surface area contributed by atoms with Crippen molar-refractivity contribution in [3.63, 3.8) is 0 Å². The molecule has 0 unspecified atom stereocenters. The van der Waals surface area contributed by atoms with Crippen LogP contribution in [0.3, 0.4) is 0 Å². The number of ether oxygens (including phenoxy) is 3. The lowest BCUT2D eigenvalue weighted by atomic mass is 10.2. The largest absolute Gasteiger partial charge is 0.361 e. The Kier molecular flexibility index (Phi) is 6.34. The van der Waals surface area contributed by atoms with E-state index in [1.807, 2.05) is 30.3 Å². The Bertz CT molecular complexity index is 338. The molecule has 0 N–H and O–H groups in total. The quantitative estimate of drug-likeness (QED) is 0.535. The van der Waals surface area contributed by atoms with Gasteiger partial charge in [-0.15, -0.1) is 6.42 Å². The molecule has 3 heteroatoms. The summed E-state index contributed by atoms with van der Waals surface area (Å²) < 4.78 is 15.8. The van der Waals surface area contributed by atoms with E-state index in [1.54, 1.807) is 14.2 Å². The van der Waals surface area contributed by atoms with Crippen LogP contribution in [0, 0.1) is 12.3 Å².